The first-order valence-corrected chi connectivity index (χ1v) is 36.8. The van der Waals surface area contributed by atoms with Gasteiger partial charge in [0.15, 0.2) is 0 Å². The van der Waals surface area contributed by atoms with Crippen molar-refractivity contribution in [1.82, 2.24) is 0 Å². The minimum atomic E-state index is -5.72. The molecule has 0 saturated carbocycles. The molecule has 20 rings (SSSR count). The Morgan fingerprint density at radius 2 is 0.505 bits per heavy atom. The Balaban J connectivity index is 0.000000120. The van der Waals surface area contributed by atoms with Gasteiger partial charge in [0.2, 0.25) is 0 Å². The highest BCUT2D eigenvalue weighted by molar-refractivity contribution is 7.88. The first-order chi connectivity index (χ1) is 52.3. The molecule has 0 radical (unpaired) electrons. The van der Waals surface area contributed by atoms with Gasteiger partial charge in [0, 0.05) is 0 Å². The lowest BCUT2D eigenvalue weighted by Gasteiger charge is -2.19. The highest BCUT2D eigenvalue weighted by atomic mass is 32.2. The van der Waals surface area contributed by atoms with E-state index in [9.17, 15) is 31.6 Å². The second-order valence-electron chi connectivity index (χ2n) is 26.9. The number of halogens is 3. The van der Waals surface area contributed by atoms with Crippen molar-refractivity contribution in [3.8, 4) is 61.4 Å². The zero-order chi connectivity index (χ0) is 72.5. The predicted octanol–water partition coefficient (Wildman–Crippen LogP) is 25.1. The summed E-state index contributed by atoms with van der Waals surface area (Å²) in [5, 5.41) is 47.1. The molecule has 0 heterocycles. The van der Waals surface area contributed by atoms with Crippen molar-refractivity contribution in [3.05, 3.63) is 364 Å². The van der Waals surface area contributed by atoms with Crippen LogP contribution in [0.4, 0.5) is 13.2 Å². The van der Waals surface area contributed by atoms with E-state index in [0.717, 1.165) is 65.2 Å². The van der Waals surface area contributed by atoms with Gasteiger partial charge >= 0.3 is 22.7 Å². The zero-order valence-corrected chi connectivity index (χ0v) is 58.2. The third-order valence-corrected chi connectivity index (χ3v) is 21.9. The van der Waals surface area contributed by atoms with Crippen molar-refractivity contribution in [2.45, 2.75) is 5.51 Å². The smallest absolute Gasteiger partial charge is 0.423 e. The Bertz CT molecular complexity index is 6920. The van der Waals surface area contributed by atoms with E-state index < -0.39 is 22.7 Å². The molecule has 20 aromatic carbocycles. The van der Waals surface area contributed by atoms with Crippen LogP contribution in [-0.2, 0) is 10.1 Å². The third kappa shape index (κ3) is 11.7. The summed E-state index contributed by atoms with van der Waals surface area (Å²) in [5.74, 6) is -0.379. The number of rotatable bonds is 8. The SMILES string of the molecule is O=S(=O)(Oc1ccc2c3ccccc3c3ccccc3c2c1)C(F)(F)F.OB(O)c1c2ccccc2c(-c2cccc(-c3cccc4ccccc34)c2)c2ccccc12.c1cc(-c2cccc3ccccc23)cc(-c2c3ccccc3c(-c3ccc4c5ccccc5c5ccccc5c4c3)c3ccccc23)c1. The van der Waals surface area contributed by atoms with Gasteiger partial charge in [-0.05, 0) is 227 Å². The lowest BCUT2D eigenvalue weighted by Crippen LogP contribution is -2.31. The van der Waals surface area contributed by atoms with Gasteiger partial charge in [-0.15, -0.1) is 0 Å². The molecule has 0 aliphatic rings. The minimum absolute atomic E-state index is 0.379. The van der Waals surface area contributed by atoms with Gasteiger partial charge in [-0.25, -0.2) is 0 Å². The summed E-state index contributed by atoms with van der Waals surface area (Å²) in [6, 6.07) is 126. The highest BCUT2D eigenvalue weighted by Crippen LogP contribution is 2.48. The maximum Gasteiger partial charge on any atom is 0.534 e. The van der Waals surface area contributed by atoms with E-state index in [2.05, 4.69) is 265 Å². The normalized spacial score (nSPS) is 11.9. The Morgan fingerprint density at radius 1 is 0.243 bits per heavy atom. The van der Waals surface area contributed by atoms with E-state index in [0.29, 0.717) is 10.8 Å². The van der Waals surface area contributed by atoms with Gasteiger partial charge in [0.1, 0.15) is 5.75 Å². The number of alkyl halides is 3. The average Bonchev–Trinajstić information content (AvgIpc) is 0.903. The molecule has 2 N–H and O–H groups in total. The Kier molecular flexibility index (Phi) is 16.6. The molecular weight excluding hydrogens is 1340 g/mol. The van der Waals surface area contributed by atoms with E-state index in [-0.39, 0.29) is 5.75 Å². The van der Waals surface area contributed by atoms with Gasteiger partial charge in [0.05, 0.1) is 0 Å². The molecule has 20 aromatic rings. The van der Waals surface area contributed by atoms with E-state index in [1.54, 1.807) is 6.07 Å². The molecule has 0 atom stereocenters. The van der Waals surface area contributed by atoms with Crippen LogP contribution in [0.5, 0.6) is 5.75 Å². The Morgan fingerprint density at radius 3 is 0.869 bits per heavy atom. The van der Waals surface area contributed by atoms with Crippen molar-refractivity contribution in [2.75, 3.05) is 0 Å². The molecule has 0 unspecified atom stereocenters. The van der Waals surface area contributed by atoms with Gasteiger partial charge in [-0.2, -0.15) is 21.6 Å². The summed E-state index contributed by atoms with van der Waals surface area (Å²) in [4.78, 5) is 0. The lowest BCUT2D eigenvalue weighted by molar-refractivity contribution is -0.0500. The molecule has 5 nitrogen and oxygen atoms in total. The fourth-order valence-electron chi connectivity index (χ4n) is 16.3. The van der Waals surface area contributed by atoms with Gasteiger partial charge in [0.25, 0.3) is 0 Å². The van der Waals surface area contributed by atoms with Crippen LogP contribution < -0.4 is 9.65 Å². The van der Waals surface area contributed by atoms with E-state index in [4.69, 9.17) is 0 Å². The second kappa shape index (κ2) is 26.9. The lowest BCUT2D eigenvalue weighted by atomic mass is 9.72. The largest absolute Gasteiger partial charge is 0.534 e. The quantitative estimate of drug-likeness (QED) is 0.0521. The van der Waals surface area contributed by atoms with Crippen LogP contribution in [0.1, 0.15) is 0 Å². The number of benzene rings is 20. The Labute approximate surface area is 614 Å². The summed E-state index contributed by atoms with van der Waals surface area (Å²) >= 11 is 0. The molecule has 0 aromatic heterocycles. The summed E-state index contributed by atoms with van der Waals surface area (Å²) in [7, 11) is -7.26. The van der Waals surface area contributed by atoms with Crippen LogP contribution in [0, 0.1) is 0 Å². The maximum atomic E-state index is 12.6. The van der Waals surface area contributed by atoms with Crippen LogP contribution in [0.2, 0.25) is 0 Å². The van der Waals surface area contributed by atoms with Gasteiger partial charge in [-0.3, -0.25) is 0 Å². The molecule has 510 valence electrons. The van der Waals surface area contributed by atoms with Crippen LogP contribution in [0.15, 0.2) is 364 Å². The standard InChI is InChI=1S/C48H30.C30H21BO2.C19H11F3O3S/c1-2-17-35-31(13-1)14-12-26-36(35)32-15-11-16-33(29-32)47-42-22-7-9-24-44(42)48(45-25-10-8-23-43(45)47)34-27-28-41-39-20-4-3-18-37(39)38-19-5-6-21-40(38)46(41)30-34;32-31(33)30-27-16-5-3-14-25(27)29(26-15-4-6-17-28(26)30)22-12-7-11-21(19-22)24-18-8-10-20-9-1-2-13-23(20)24;20-19(21,22)26(23,24)25-12-9-10-17-15-7-2-1-5-13(15)14-6-3-4-8-16(14)18(17)11-12/h1-30H;1-19,32-33H;1-11H. The fraction of sp³-hybridized carbons (Fsp3) is 0.0103. The van der Waals surface area contributed by atoms with Crippen molar-refractivity contribution in [3.63, 3.8) is 0 Å². The van der Waals surface area contributed by atoms with E-state index >= 15 is 0 Å². The molecular formula is C97H62BF3O5S. The van der Waals surface area contributed by atoms with E-state index in [1.165, 1.54) is 126 Å². The molecule has 0 aliphatic heterocycles. The first kappa shape index (κ1) is 66.0. The van der Waals surface area contributed by atoms with Crippen LogP contribution in [-0.4, -0.2) is 31.1 Å². The zero-order valence-electron chi connectivity index (χ0n) is 57.4. The van der Waals surface area contributed by atoms with Gasteiger partial charge in [-0.1, -0.05) is 328 Å². The molecule has 0 spiro atoms. The number of fused-ring (bicyclic) bond motifs is 18. The topological polar surface area (TPSA) is 83.8 Å². The molecule has 0 aliphatic carbocycles. The van der Waals surface area contributed by atoms with E-state index in [1.807, 2.05) is 84.9 Å². The Hall–Kier alpha value is -13.0. The molecule has 10 heteroatoms. The minimum Gasteiger partial charge on any atom is -0.423 e. The van der Waals surface area contributed by atoms with Crippen molar-refractivity contribution < 1.29 is 35.8 Å². The number of hydrogen-bond donors (Lipinski definition) is 2. The fourth-order valence-corrected chi connectivity index (χ4v) is 16.8. The molecule has 0 amide bonds. The number of hydrogen-bond acceptors (Lipinski definition) is 5. The molecule has 0 fully saturated rings. The van der Waals surface area contributed by atoms with Crippen molar-refractivity contribution in [2.24, 2.45) is 0 Å². The van der Waals surface area contributed by atoms with Crippen LogP contribution >= 0.6 is 0 Å². The average molecular weight is 1410 g/mol. The maximum absolute atomic E-state index is 12.6. The van der Waals surface area contributed by atoms with Crippen LogP contribution in [0.25, 0.3) is 185 Å². The summed E-state index contributed by atoms with van der Waals surface area (Å²) in [6.45, 7) is 0. The molecule has 107 heavy (non-hydrogen) atoms. The van der Waals surface area contributed by atoms with Crippen molar-refractivity contribution in [1.29, 1.82) is 0 Å². The van der Waals surface area contributed by atoms with Crippen LogP contribution in [0.3, 0.4) is 0 Å². The molecule has 0 saturated heterocycles. The predicted molar refractivity (Wildman–Crippen MR) is 442 cm³/mol. The summed E-state index contributed by atoms with van der Waals surface area (Å²) in [6.07, 6.45) is 0. The molecule has 0 bridgehead atoms. The summed E-state index contributed by atoms with van der Waals surface area (Å²) < 4.78 is 64.6. The highest BCUT2D eigenvalue weighted by Gasteiger charge is 2.48. The van der Waals surface area contributed by atoms with Crippen molar-refractivity contribution >= 4 is 152 Å². The van der Waals surface area contributed by atoms with Gasteiger partial charge < -0.3 is 14.2 Å². The second-order valence-corrected chi connectivity index (χ2v) is 28.5. The first-order valence-electron chi connectivity index (χ1n) is 35.4. The summed E-state index contributed by atoms with van der Waals surface area (Å²) in [5.41, 5.74) is 7.17. The monoisotopic (exact) mass is 1410 g/mol. The third-order valence-electron chi connectivity index (χ3n) is 20.9.